The van der Waals surface area contributed by atoms with Crippen molar-refractivity contribution in [1.29, 1.82) is 0 Å². The smallest absolute Gasteiger partial charge is 0.330 e. The van der Waals surface area contributed by atoms with E-state index in [1.165, 1.54) is 12.1 Å². The maximum atomic E-state index is 13.3. The van der Waals surface area contributed by atoms with Crippen LogP contribution in [0.2, 0.25) is 0 Å². The van der Waals surface area contributed by atoms with Crippen molar-refractivity contribution in [3.8, 4) is 0 Å². The second-order valence-electron chi connectivity index (χ2n) is 4.39. The predicted molar refractivity (Wildman–Crippen MR) is 75.1 cm³/mol. The van der Waals surface area contributed by atoms with E-state index in [-0.39, 0.29) is 11.3 Å². The maximum Gasteiger partial charge on any atom is 0.330 e. The normalized spacial score (nSPS) is 11.7. The highest BCUT2D eigenvalue weighted by Gasteiger charge is 2.22. The fourth-order valence-electron chi connectivity index (χ4n) is 1.82. The molecule has 0 saturated heterocycles. The summed E-state index contributed by atoms with van der Waals surface area (Å²) in [6.45, 7) is 0. The van der Waals surface area contributed by atoms with Crippen LogP contribution in [0.25, 0.3) is 0 Å². The van der Waals surface area contributed by atoms with Crippen LogP contribution >= 0.6 is 0 Å². The number of hydrogen-bond donors (Lipinski definition) is 3. The van der Waals surface area contributed by atoms with Crippen LogP contribution in [0.3, 0.4) is 0 Å². The number of carbonyl (C=O) groups excluding carboxylic acids is 1. The Hall–Kier alpha value is -2.89. The van der Waals surface area contributed by atoms with E-state index in [1.807, 2.05) is 0 Å². The van der Waals surface area contributed by atoms with Gasteiger partial charge in [-0.3, -0.25) is 4.79 Å². The fraction of sp³-hybridized carbons (Fsp3) is 0.0667. The summed E-state index contributed by atoms with van der Waals surface area (Å²) in [5.74, 6) is -2.62. The van der Waals surface area contributed by atoms with Gasteiger partial charge in [-0.2, -0.15) is 0 Å². The summed E-state index contributed by atoms with van der Waals surface area (Å²) >= 11 is 0. The number of benzene rings is 2. The number of carboxylic acid groups (broad SMARTS) is 1. The third-order valence-electron chi connectivity index (χ3n) is 2.92. The number of nitrogens with two attached hydrogens (primary N) is 1. The van der Waals surface area contributed by atoms with E-state index >= 15 is 0 Å². The monoisotopic (exact) mass is 288 g/mol. The highest BCUT2D eigenvalue weighted by atomic mass is 19.1. The number of aliphatic carboxylic acids is 1. The lowest BCUT2D eigenvalue weighted by Gasteiger charge is -2.15. The number of carboxylic acids is 1. The van der Waals surface area contributed by atoms with Gasteiger partial charge in [-0.25, -0.2) is 9.18 Å². The van der Waals surface area contributed by atoms with Crippen LogP contribution in [0.1, 0.15) is 22.0 Å². The Balaban J connectivity index is 2.23. The van der Waals surface area contributed by atoms with Crippen molar-refractivity contribution in [1.82, 2.24) is 5.32 Å². The summed E-state index contributed by atoms with van der Waals surface area (Å²) in [4.78, 5) is 23.3. The molecule has 6 heteroatoms. The molecule has 0 spiro atoms. The van der Waals surface area contributed by atoms with E-state index in [4.69, 9.17) is 5.73 Å². The molecule has 0 bridgehead atoms. The molecular weight excluding hydrogens is 275 g/mol. The third-order valence-corrected chi connectivity index (χ3v) is 2.92. The lowest BCUT2D eigenvalue weighted by molar-refractivity contribution is -0.139. The van der Waals surface area contributed by atoms with Crippen molar-refractivity contribution in [2.24, 2.45) is 0 Å². The Kier molecular flexibility index (Phi) is 4.18. The average molecular weight is 288 g/mol. The van der Waals surface area contributed by atoms with Crippen LogP contribution in [0, 0.1) is 5.82 Å². The van der Waals surface area contributed by atoms with E-state index in [2.05, 4.69) is 5.32 Å². The van der Waals surface area contributed by atoms with Crippen LogP contribution in [-0.4, -0.2) is 17.0 Å². The largest absolute Gasteiger partial charge is 0.479 e. The number of anilines is 1. The van der Waals surface area contributed by atoms with Crippen molar-refractivity contribution in [3.05, 3.63) is 65.5 Å². The van der Waals surface area contributed by atoms with Gasteiger partial charge in [-0.15, -0.1) is 0 Å². The first kappa shape index (κ1) is 14.5. The minimum absolute atomic E-state index is 0.00359. The van der Waals surface area contributed by atoms with Gasteiger partial charge in [0.2, 0.25) is 0 Å². The first-order valence-electron chi connectivity index (χ1n) is 6.12. The molecule has 1 atom stereocenters. The van der Waals surface area contributed by atoms with Gasteiger partial charge in [0.15, 0.2) is 6.04 Å². The summed E-state index contributed by atoms with van der Waals surface area (Å²) < 4.78 is 13.3. The Bertz CT molecular complexity index is 674. The number of rotatable bonds is 4. The summed E-state index contributed by atoms with van der Waals surface area (Å²) in [6.07, 6.45) is 0. The van der Waals surface area contributed by atoms with Gasteiger partial charge >= 0.3 is 5.97 Å². The lowest BCUT2D eigenvalue weighted by atomic mass is 10.1. The highest BCUT2D eigenvalue weighted by molar-refractivity contribution is 5.97. The second kappa shape index (κ2) is 6.04. The summed E-state index contributed by atoms with van der Waals surface area (Å²) in [5.41, 5.74) is 5.68. The molecule has 0 aliphatic heterocycles. The predicted octanol–water partition coefficient (Wildman–Crippen LogP) is 1.96. The fourth-order valence-corrected chi connectivity index (χ4v) is 1.82. The average Bonchev–Trinajstić information content (AvgIpc) is 2.48. The summed E-state index contributed by atoms with van der Waals surface area (Å²) in [5, 5.41) is 11.6. The first-order valence-corrected chi connectivity index (χ1v) is 6.12. The molecule has 2 rings (SSSR count). The van der Waals surface area contributed by atoms with Crippen molar-refractivity contribution < 1.29 is 19.1 Å². The zero-order valence-electron chi connectivity index (χ0n) is 10.9. The van der Waals surface area contributed by atoms with Gasteiger partial charge in [0.05, 0.1) is 5.69 Å². The van der Waals surface area contributed by atoms with Gasteiger partial charge in [0.25, 0.3) is 5.91 Å². The second-order valence-corrected chi connectivity index (χ2v) is 4.39. The molecule has 21 heavy (non-hydrogen) atoms. The third kappa shape index (κ3) is 3.36. The minimum atomic E-state index is -1.21. The highest BCUT2D eigenvalue weighted by Crippen LogP contribution is 2.16. The van der Waals surface area contributed by atoms with Crippen LogP contribution < -0.4 is 11.1 Å². The molecular formula is C15H13FN2O3. The molecule has 0 fully saturated rings. The number of hydrogen-bond acceptors (Lipinski definition) is 3. The summed E-state index contributed by atoms with van der Waals surface area (Å²) in [6, 6.07) is 10.6. The molecule has 5 nitrogen and oxygen atoms in total. The van der Waals surface area contributed by atoms with Gasteiger partial charge in [0, 0.05) is 5.56 Å². The maximum absolute atomic E-state index is 13.3. The number of nitrogens with one attached hydrogen (secondary N) is 1. The van der Waals surface area contributed by atoms with Crippen molar-refractivity contribution in [2.45, 2.75) is 6.04 Å². The van der Waals surface area contributed by atoms with E-state index in [0.717, 1.165) is 6.07 Å². The molecule has 0 unspecified atom stereocenters. The number of halogens is 1. The molecule has 0 aromatic heterocycles. The Morgan fingerprint density at radius 1 is 1.14 bits per heavy atom. The number of carbonyl (C=O) groups is 2. The molecule has 4 N–H and O–H groups in total. The van der Waals surface area contributed by atoms with E-state index in [1.54, 1.807) is 30.3 Å². The Morgan fingerprint density at radius 2 is 1.81 bits per heavy atom. The van der Waals surface area contributed by atoms with Crippen LogP contribution in [0.4, 0.5) is 10.1 Å². The van der Waals surface area contributed by atoms with Crippen LogP contribution in [0.15, 0.2) is 48.5 Å². The van der Waals surface area contributed by atoms with Gasteiger partial charge in [0.1, 0.15) is 5.82 Å². The quantitative estimate of drug-likeness (QED) is 0.750. The first-order chi connectivity index (χ1) is 9.99. The molecule has 108 valence electrons. The van der Waals surface area contributed by atoms with Crippen molar-refractivity contribution in [2.75, 3.05) is 5.73 Å². The molecule has 2 aromatic rings. The minimum Gasteiger partial charge on any atom is -0.479 e. The van der Waals surface area contributed by atoms with Gasteiger partial charge in [-0.05, 0) is 23.8 Å². The topological polar surface area (TPSA) is 92.4 Å². The van der Waals surface area contributed by atoms with Gasteiger partial charge in [-0.1, -0.05) is 30.3 Å². The standard InChI is InChI=1S/C15H13FN2O3/c16-11-8-10(6-7-12(11)17)14(19)18-13(15(20)21)9-4-2-1-3-5-9/h1-8,13H,17H2,(H,18,19)(H,20,21)/t13-/m1/s1. The zero-order chi connectivity index (χ0) is 15.4. The van der Waals surface area contributed by atoms with E-state index in [0.29, 0.717) is 5.56 Å². The Morgan fingerprint density at radius 3 is 2.38 bits per heavy atom. The molecule has 0 aliphatic carbocycles. The van der Waals surface area contributed by atoms with Crippen molar-refractivity contribution in [3.63, 3.8) is 0 Å². The zero-order valence-corrected chi connectivity index (χ0v) is 10.9. The number of amides is 1. The van der Waals surface area contributed by atoms with Crippen LogP contribution in [0.5, 0.6) is 0 Å². The van der Waals surface area contributed by atoms with E-state index < -0.39 is 23.7 Å². The SMILES string of the molecule is Nc1ccc(C(=O)N[C@@H](C(=O)O)c2ccccc2)cc1F. The lowest BCUT2D eigenvalue weighted by Crippen LogP contribution is -2.33. The van der Waals surface area contributed by atoms with Crippen LogP contribution in [-0.2, 0) is 4.79 Å². The molecule has 0 saturated carbocycles. The molecule has 0 radical (unpaired) electrons. The van der Waals surface area contributed by atoms with Gasteiger partial charge < -0.3 is 16.2 Å². The Labute approximate surface area is 120 Å². The molecule has 1 amide bonds. The van der Waals surface area contributed by atoms with Crippen molar-refractivity contribution >= 4 is 17.6 Å². The van der Waals surface area contributed by atoms with E-state index in [9.17, 15) is 19.1 Å². The molecule has 0 heterocycles. The molecule has 2 aromatic carbocycles. The summed E-state index contributed by atoms with van der Waals surface area (Å²) in [7, 11) is 0. The number of nitrogen functional groups attached to an aromatic ring is 1. The molecule has 0 aliphatic rings.